The quantitative estimate of drug-likeness (QED) is 0.657. The predicted molar refractivity (Wildman–Crippen MR) is 77.1 cm³/mol. The average molecular weight is 257 g/mol. The number of ether oxygens (including phenoxy) is 1. The van der Waals surface area contributed by atoms with E-state index >= 15 is 0 Å². The Kier molecular flexibility index (Phi) is 7.82. The summed E-state index contributed by atoms with van der Waals surface area (Å²) in [4.78, 5) is 5.14. The number of likely N-dealkylation sites (N-methyl/N-ethyl adjacent to an activating group) is 1. The maximum absolute atomic E-state index is 5.38. The van der Waals surface area contributed by atoms with E-state index in [0.29, 0.717) is 12.1 Å². The first-order valence-electron chi connectivity index (χ1n) is 7.40. The highest BCUT2D eigenvalue weighted by Gasteiger charge is 2.27. The molecule has 4 nitrogen and oxygen atoms in total. The fraction of sp³-hybridized carbons (Fsp3) is 1.00. The lowest BCUT2D eigenvalue weighted by Gasteiger charge is -2.42. The zero-order valence-corrected chi connectivity index (χ0v) is 12.6. The average Bonchev–Trinajstić information content (AvgIpc) is 2.38. The number of hydrogen-bond acceptors (Lipinski definition) is 4. The first kappa shape index (κ1) is 15.9. The minimum atomic E-state index is 0.517. The number of rotatable bonds is 8. The van der Waals surface area contributed by atoms with Crippen LogP contribution in [0, 0.1) is 0 Å². The smallest absolute Gasteiger partial charge is 0.0630 e. The summed E-state index contributed by atoms with van der Waals surface area (Å²) < 4.78 is 5.38. The standard InChI is InChI=1S/C14H31N3O/c1-5-7-15-10-14(12-18-4)17-9-8-16(6-2)13(3)11-17/h13-15H,5-12H2,1-4H3. The van der Waals surface area contributed by atoms with Gasteiger partial charge in [-0.05, 0) is 26.4 Å². The van der Waals surface area contributed by atoms with Gasteiger partial charge in [-0.15, -0.1) is 0 Å². The summed E-state index contributed by atoms with van der Waals surface area (Å²) in [6.45, 7) is 14.4. The van der Waals surface area contributed by atoms with E-state index in [1.807, 2.05) is 0 Å². The van der Waals surface area contributed by atoms with Crippen molar-refractivity contribution in [3.63, 3.8) is 0 Å². The molecule has 1 aliphatic rings. The van der Waals surface area contributed by atoms with Gasteiger partial charge < -0.3 is 10.1 Å². The SMILES string of the molecule is CCCNCC(COC)N1CCN(CC)C(C)C1. The normalized spacial score (nSPS) is 24.3. The van der Waals surface area contributed by atoms with Crippen LogP contribution in [0.3, 0.4) is 0 Å². The summed E-state index contributed by atoms with van der Waals surface area (Å²) in [6, 6.07) is 1.18. The molecule has 108 valence electrons. The molecule has 0 saturated carbocycles. The van der Waals surface area contributed by atoms with E-state index in [0.717, 1.165) is 32.8 Å². The zero-order valence-electron chi connectivity index (χ0n) is 12.6. The van der Waals surface area contributed by atoms with Gasteiger partial charge in [0.05, 0.1) is 6.61 Å². The molecule has 0 aromatic rings. The number of hydrogen-bond donors (Lipinski definition) is 1. The molecule has 0 bridgehead atoms. The maximum atomic E-state index is 5.38. The predicted octanol–water partition coefficient (Wildman–Crippen LogP) is 1.03. The minimum Gasteiger partial charge on any atom is -0.383 e. The third-order valence-electron chi connectivity index (χ3n) is 3.88. The molecule has 2 unspecified atom stereocenters. The van der Waals surface area contributed by atoms with Crippen molar-refractivity contribution in [3.8, 4) is 0 Å². The lowest BCUT2D eigenvalue weighted by Crippen LogP contribution is -2.57. The van der Waals surface area contributed by atoms with Gasteiger partial charge in [-0.2, -0.15) is 0 Å². The van der Waals surface area contributed by atoms with Crippen LogP contribution >= 0.6 is 0 Å². The van der Waals surface area contributed by atoms with Crippen molar-refractivity contribution >= 4 is 0 Å². The second-order valence-electron chi connectivity index (χ2n) is 5.29. The molecule has 1 aliphatic heterocycles. The Morgan fingerprint density at radius 3 is 2.67 bits per heavy atom. The fourth-order valence-corrected chi connectivity index (χ4v) is 2.76. The number of methoxy groups -OCH3 is 1. The molecule has 1 fully saturated rings. The Balaban J connectivity index is 2.42. The summed E-state index contributed by atoms with van der Waals surface area (Å²) in [6.07, 6.45) is 1.19. The molecular weight excluding hydrogens is 226 g/mol. The molecule has 4 heteroatoms. The highest BCUT2D eigenvalue weighted by Crippen LogP contribution is 2.12. The lowest BCUT2D eigenvalue weighted by molar-refractivity contribution is 0.0268. The Morgan fingerprint density at radius 2 is 2.11 bits per heavy atom. The van der Waals surface area contributed by atoms with Crippen molar-refractivity contribution < 1.29 is 4.74 Å². The van der Waals surface area contributed by atoms with Crippen molar-refractivity contribution in [1.82, 2.24) is 15.1 Å². The van der Waals surface area contributed by atoms with Crippen LogP contribution in [0.5, 0.6) is 0 Å². The molecular formula is C14H31N3O. The second kappa shape index (κ2) is 8.86. The summed E-state index contributed by atoms with van der Waals surface area (Å²) in [5.41, 5.74) is 0. The van der Waals surface area contributed by atoms with Crippen molar-refractivity contribution in [2.24, 2.45) is 0 Å². The Bertz CT molecular complexity index is 211. The van der Waals surface area contributed by atoms with Crippen LogP contribution in [-0.4, -0.2) is 74.9 Å². The van der Waals surface area contributed by atoms with Gasteiger partial charge in [0.1, 0.15) is 0 Å². The largest absolute Gasteiger partial charge is 0.383 e. The summed E-state index contributed by atoms with van der Waals surface area (Å²) in [5, 5.41) is 3.52. The van der Waals surface area contributed by atoms with E-state index in [4.69, 9.17) is 4.74 Å². The molecule has 2 atom stereocenters. The topological polar surface area (TPSA) is 27.7 Å². The van der Waals surface area contributed by atoms with Crippen LogP contribution in [0.2, 0.25) is 0 Å². The molecule has 1 rings (SSSR count). The molecule has 0 spiro atoms. The highest BCUT2D eigenvalue weighted by atomic mass is 16.5. The number of piperazine rings is 1. The minimum absolute atomic E-state index is 0.517. The van der Waals surface area contributed by atoms with E-state index in [1.54, 1.807) is 7.11 Å². The summed E-state index contributed by atoms with van der Waals surface area (Å²) in [5.74, 6) is 0. The molecule has 0 radical (unpaired) electrons. The molecule has 0 amide bonds. The van der Waals surface area contributed by atoms with Crippen LogP contribution < -0.4 is 5.32 Å². The van der Waals surface area contributed by atoms with E-state index in [-0.39, 0.29) is 0 Å². The first-order chi connectivity index (χ1) is 8.72. The molecule has 1 N–H and O–H groups in total. The second-order valence-corrected chi connectivity index (χ2v) is 5.29. The highest BCUT2D eigenvalue weighted by molar-refractivity contribution is 4.84. The van der Waals surface area contributed by atoms with Crippen molar-refractivity contribution in [2.75, 3.05) is 53.0 Å². The molecule has 1 saturated heterocycles. The Labute approximate surface area is 113 Å². The van der Waals surface area contributed by atoms with Crippen LogP contribution in [0.1, 0.15) is 27.2 Å². The van der Waals surface area contributed by atoms with Crippen molar-refractivity contribution in [3.05, 3.63) is 0 Å². The van der Waals surface area contributed by atoms with Gasteiger partial charge in [-0.25, -0.2) is 0 Å². The summed E-state index contributed by atoms with van der Waals surface area (Å²) >= 11 is 0. The van der Waals surface area contributed by atoms with Gasteiger partial charge in [0.25, 0.3) is 0 Å². The third kappa shape index (κ3) is 4.84. The molecule has 0 aliphatic carbocycles. The van der Waals surface area contributed by atoms with E-state index in [9.17, 15) is 0 Å². The van der Waals surface area contributed by atoms with E-state index in [2.05, 4.69) is 35.9 Å². The molecule has 18 heavy (non-hydrogen) atoms. The van der Waals surface area contributed by atoms with E-state index in [1.165, 1.54) is 19.5 Å². The van der Waals surface area contributed by atoms with Crippen LogP contribution in [0.15, 0.2) is 0 Å². The fourth-order valence-electron chi connectivity index (χ4n) is 2.76. The van der Waals surface area contributed by atoms with Gasteiger partial charge in [0.15, 0.2) is 0 Å². The van der Waals surface area contributed by atoms with Crippen LogP contribution in [0.25, 0.3) is 0 Å². The van der Waals surface area contributed by atoms with Gasteiger partial charge in [-0.3, -0.25) is 9.80 Å². The van der Waals surface area contributed by atoms with Crippen LogP contribution in [-0.2, 0) is 4.74 Å². The van der Waals surface area contributed by atoms with E-state index < -0.39 is 0 Å². The third-order valence-corrected chi connectivity index (χ3v) is 3.88. The van der Waals surface area contributed by atoms with Gasteiger partial charge in [0.2, 0.25) is 0 Å². The molecule has 0 aromatic carbocycles. The zero-order chi connectivity index (χ0) is 13.4. The monoisotopic (exact) mass is 257 g/mol. The molecule has 1 heterocycles. The molecule has 0 aromatic heterocycles. The number of nitrogens with one attached hydrogen (secondary N) is 1. The first-order valence-corrected chi connectivity index (χ1v) is 7.40. The lowest BCUT2D eigenvalue weighted by atomic mass is 10.1. The van der Waals surface area contributed by atoms with Crippen LogP contribution in [0.4, 0.5) is 0 Å². The maximum Gasteiger partial charge on any atom is 0.0630 e. The Hall–Kier alpha value is -0.160. The van der Waals surface area contributed by atoms with Gasteiger partial charge in [-0.1, -0.05) is 13.8 Å². The van der Waals surface area contributed by atoms with Crippen molar-refractivity contribution in [2.45, 2.75) is 39.3 Å². The number of nitrogens with zero attached hydrogens (tertiary/aromatic N) is 2. The Morgan fingerprint density at radius 1 is 1.33 bits per heavy atom. The van der Waals surface area contributed by atoms with Crippen molar-refractivity contribution in [1.29, 1.82) is 0 Å². The van der Waals surface area contributed by atoms with Gasteiger partial charge in [0, 0.05) is 45.4 Å². The van der Waals surface area contributed by atoms with Gasteiger partial charge >= 0.3 is 0 Å². The summed E-state index contributed by atoms with van der Waals surface area (Å²) in [7, 11) is 1.80.